The van der Waals surface area contributed by atoms with E-state index in [-0.39, 0.29) is 12.1 Å². The first-order chi connectivity index (χ1) is 15.9. The van der Waals surface area contributed by atoms with E-state index in [0.29, 0.717) is 23.6 Å². The Morgan fingerprint density at radius 3 is 2.26 bits per heavy atom. The Kier molecular flexibility index (Phi) is 15.0. The van der Waals surface area contributed by atoms with Crippen molar-refractivity contribution in [2.45, 2.75) is 141 Å². The van der Waals surface area contributed by atoms with Gasteiger partial charge in [0, 0.05) is 11.4 Å². The molecule has 8 nitrogen and oxygen atoms in total. The molecular formula is C25H54ClN5O3. The molecule has 1 aliphatic carbocycles. The van der Waals surface area contributed by atoms with Gasteiger partial charge in [-0.2, -0.15) is 0 Å². The van der Waals surface area contributed by atoms with E-state index in [1.807, 2.05) is 27.7 Å². The molecule has 0 heterocycles. The molecule has 0 aromatic carbocycles. The third kappa shape index (κ3) is 12.3. The van der Waals surface area contributed by atoms with Gasteiger partial charge in [-0.1, -0.05) is 46.5 Å². The van der Waals surface area contributed by atoms with Crippen LogP contribution in [-0.4, -0.2) is 52.1 Å². The Labute approximate surface area is 213 Å². The SMILES string of the molecule is CCC(CCC(C)C[C@H](N[C@@H](CC)C(O)OC(C)(C)C)C(O)NC(N)NN)C1CCCC(Cl)C1. The summed E-state index contributed by atoms with van der Waals surface area (Å²) in [5, 5.41) is 28.2. The Hall–Kier alpha value is -0.0300. The van der Waals surface area contributed by atoms with Crippen LogP contribution in [0.25, 0.3) is 0 Å². The first-order valence-corrected chi connectivity index (χ1v) is 13.8. The minimum atomic E-state index is -0.990. The van der Waals surface area contributed by atoms with Gasteiger partial charge in [-0.25, -0.2) is 5.43 Å². The Balaban J connectivity index is 2.78. The largest absolute Gasteiger partial charge is 0.377 e. The quantitative estimate of drug-likeness (QED) is 0.0732. The zero-order chi connectivity index (χ0) is 25.9. The number of aliphatic hydroxyl groups excluding tert-OH is 2. The minimum absolute atomic E-state index is 0.327. The van der Waals surface area contributed by atoms with Crippen LogP contribution in [0.2, 0.25) is 0 Å². The minimum Gasteiger partial charge on any atom is -0.377 e. The van der Waals surface area contributed by atoms with Gasteiger partial charge >= 0.3 is 0 Å². The molecule has 0 spiro atoms. The van der Waals surface area contributed by atoms with Gasteiger partial charge in [0.05, 0.1) is 11.6 Å². The van der Waals surface area contributed by atoms with Crippen LogP contribution in [0.5, 0.6) is 0 Å². The van der Waals surface area contributed by atoms with Gasteiger partial charge in [-0.15, -0.1) is 11.6 Å². The molecule has 9 N–H and O–H groups in total. The summed E-state index contributed by atoms with van der Waals surface area (Å²) in [7, 11) is 0. The van der Waals surface area contributed by atoms with E-state index in [1.54, 1.807) is 0 Å². The van der Waals surface area contributed by atoms with Crippen molar-refractivity contribution in [2.75, 3.05) is 0 Å². The molecule has 0 radical (unpaired) electrons. The first kappa shape index (κ1) is 32.0. The molecule has 1 aliphatic rings. The Morgan fingerprint density at radius 2 is 1.74 bits per heavy atom. The number of halogens is 1. The fourth-order valence-corrected chi connectivity index (χ4v) is 5.56. The fourth-order valence-electron chi connectivity index (χ4n) is 5.17. The monoisotopic (exact) mass is 507 g/mol. The highest BCUT2D eigenvalue weighted by molar-refractivity contribution is 6.20. The molecule has 1 fully saturated rings. The summed E-state index contributed by atoms with van der Waals surface area (Å²) in [6, 6.07) is -0.666. The van der Waals surface area contributed by atoms with Crippen LogP contribution < -0.4 is 27.6 Å². The maximum atomic E-state index is 10.9. The summed E-state index contributed by atoms with van der Waals surface area (Å²) >= 11 is 6.46. The highest BCUT2D eigenvalue weighted by Gasteiger charge is 2.31. The van der Waals surface area contributed by atoms with Gasteiger partial charge in [0.2, 0.25) is 0 Å². The highest BCUT2D eigenvalue weighted by Crippen LogP contribution is 2.37. The average molecular weight is 508 g/mol. The summed E-state index contributed by atoms with van der Waals surface area (Å²) in [5.41, 5.74) is 7.77. The van der Waals surface area contributed by atoms with Crippen molar-refractivity contribution in [3.05, 3.63) is 0 Å². The average Bonchev–Trinajstić information content (AvgIpc) is 2.75. The molecule has 204 valence electrons. The molecule has 0 aromatic heterocycles. The van der Waals surface area contributed by atoms with E-state index in [4.69, 9.17) is 27.9 Å². The van der Waals surface area contributed by atoms with Gasteiger partial charge in [-0.05, 0) is 70.6 Å². The first-order valence-electron chi connectivity index (χ1n) is 13.3. The van der Waals surface area contributed by atoms with Crippen LogP contribution in [0.3, 0.4) is 0 Å². The molecule has 0 aromatic rings. The third-order valence-corrected chi connectivity index (χ3v) is 7.52. The Bertz CT molecular complexity index is 539. The number of nitrogens with two attached hydrogens (primary N) is 2. The lowest BCUT2D eigenvalue weighted by molar-refractivity contribution is -0.183. The fraction of sp³-hybridized carbons (Fsp3) is 1.00. The van der Waals surface area contributed by atoms with E-state index < -0.39 is 24.4 Å². The normalized spacial score (nSPS) is 25.9. The molecule has 1 rings (SSSR count). The highest BCUT2D eigenvalue weighted by atomic mass is 35.5. The van der Waals surface area contributed by atoms with Crippen molar-refractivity contribution in [3.63, 3.8) is 0 Å². The lowest BCUT2D eigenvalue weighted by Crippen LogP contribution is -2.62. The van der Waals surface area contributed by atoms with Crippen LogP contribution in [0.4, 0.5) is 0 Å². The van der Waals surface area contributed by atoms with Crippen LogP contribution in [0.1, 0.15) is 99.3 Å². The van der Waals surface area contributed by atoms with Crippen LogP contribution >= 0.6 is 11.6 Å². The molecule has 0 saturated heterocycles. The molecule has 34 heavy (non-hydrogen) atoms. The number of nitrogens with one attached hydrogen (secondary N) is 3. The van der Waals surface area contributed by atoms with Gasteiger partial charge in [0.15, 0.2) is 6.29 Å². The molecule has 9 atom stereocenters. The number of aliphatic hydroxyl groups is 2. The number of hydrogen-bond donors (Lipinski definition) is 7. The summed E-state index contributed by atoms with van der Waals surface area (Å²) in [4.78, 5) is 0. The topological polar surface area (TPSA) is 138 Å². The van der Waals surface area contributed by atoms with Crippen molar-refractivity contribution in [3.8, 4) is 0 Å². The van der Waals surface area contributed by atoms with Crippen LogP contribution in [0, 0.1) is 17.8 Å². The van der Waals surface area contributed by atoms with E-state index in [9.17, 15) is 10.2 Å². The summed E-state index contributed by atoms with van der Waals surface area (Å²) < 4.78 is 5.77. The van der Waals surface area contributed by atoms with Crippen LogP contribution in [0.15, 0.2) is 0 Å². The zero-order valence-corrected chi connectivity index (χ0v) is 23.2. The Morgan fingerprint density at radius 1 is 1.06 bits per heavy atom. The number of ether oxygens (including phenoxy) is 1. The number of hydrazine groups is 1. The smallest absolute Gasteiger partial charge is 0.170 e. The molecule has 9 heteroatoms. The summed E-state index contributed by atoms with van der Waals surface area (Å²) in [6.45, 7) is 12.2. The lowest BCUT2D eigenvalue weighted by atomic mass is 9.75. The van der Waals surface area contributed by atoms with Gasteiger partial charge in [0.25, 0.3) is 0 Å². The van der Waals surface area contributed by atoms with Gasteiger partial charge < -0.3 is 26.0 Å². The summed E-state index contributed by atoms with van der Waals surface area (Å²) in [6.07, 6.45) is 6.92. The molecular weight excluding hydrogens is 454 g/mol. The molecule has 0 aliphatic heterocycles. The van der Waals surface area contributed by atoms with Crippen molar-refractivity contribution in [1.82, 2.24) is 16.1 Å². The van der Waals surface area contributed by atoms with E-state index >= 15 is 0 Å². The lowest BCUT2D eigenvalue weighted by Gasteiger charge is -2.36. The predicted octanol–water partition coefficient (Wildman–Crippen LogP) is 3.10. The van der Waals surface area contributed by atoms with E-state index in [0.717, 1.165) is 31.6 Å². The number of alkyl halides is 1. The van der Waals surface area contributed by atoms with Gasteiger partial charge in [0.1, 0.15) is 12.5 Å². The zero-order valence-electron chi connectivity index (χ0n) is 22.4. The van der Waals surface area contributed by atoms with Crippen LogP contribution in [-0.2, 0) is 4.74 Å². The van der Waals surface area contributed by atoms with Crippen molar-refractivity contribution < 1.29 is 14.9 Å². The number of rotatable bonds is 16. The number of hydrogen-bond acceptors (Lipinski definition) is 8. The maximum absolute atomic E-state index is 10.9. The maximum Gasteiger partial charge on any atom is 0.170 e. The standard InChI is InChI=1S/C25H54ClN5O3/c1-7-17(18-10-9-11-19(26)15-18)13-12-16(3)14-21(22(32)30-24(27)31-28)29-20(8-2)23(33)34-25(4,5)6/h16-24,29-33H,7-15,27-28H2,1-6H3/t16?,17?,18?,19?,20-,21-,22?,23?,24?/m0/s1. The predicted molar refractivity (Wildman–Crippen MR) is 141 cm³/mol. The molecule has 1 saturated carbocycles. The second kappa shape index (κ2) is 15.9. The summed E-state index contributed by atoms with van der Waals surface area (Å²) in [5.74, 6) is 7.19. The second-order valence-corrected chi connectivity index (χ2v) is 11.9. The third-order valence-electron chi connectivity index (χ3n) is 7.13. The van der Waals surface area contributed by atoms with Crippen molar-refractivity contribution >= 4 is 11.6 Å². The molecule has 7 unspecified atom stereocenters. The second-order valence-electron chi connectivity index (χ2n) is 11.3. The van der Waals surface area contributed by atoms with E-state index in [1.165, 1.54) is 25.7 Å². The van der Waals surface area contributed by atoms with Gasteiger partial charge in [-0.3, -0.25) is 11.2 Å². The molecule has 0 bridgehead atoms. The van der Waals surface area contributed by atoms with E-state index in [2.05, 4.69) is 29.9 Å². The molecule has 0 amide bonds. The van der Waals surface area contributed by atoms with Crippen molar-refractivity contribution in [2.24, 2.45) is 29.3 Å². The van der Waals surface area contributed by atoms with Crippen molar-refractivity contribution in [1.29, 1.82) is 0 Å².